The average molecular weight is 586 g/mol. The molecule has 3 nitrogen and oxygen atoms in total. The number of hydrogen-bond donors (Lipinski definition) is 0. The molecule has 0 fully saturated rings. The Morgan fingerprint density at radius 1 is 0.457 bits per heavy atom. The molecule has 3 heteroatoms. The van der Waals surface area contributed by atoms with Gasteiger partial charge in [0.2, 0.25) is 0 Å². The van der Waals surface area contributed by atoms with Crippen LogP contribution in [0.15, 0.2) is 152 Å². The van der Waals surface area contributed by atoms with Crippen LogP contribution in [0.3, 0.4) is 0 Å². The minimum absolute atomic E-state index is 0.445. The molecular formula is C43H27N3. The van der Waals surface area contributed by atoms with Crippen molar-refractivity contribution >= 4 is 34.1 Å². The van der Waals surface area contributed by atoms with E-state index in [0.29, 0.717) is 0 Å². The first kappa shape index (κ1) is 25.3. The van der Waals surface area contributed by atoms with E-state index in [1.165, 1.54) is 55.6 Å². The third-order valence-corrected chi connectivity index (χ3v) is 9.95. The van der Waals surface area contributed by atoms with Gasteiger partial charge < -0.3 is 0 Å². The SMILES string of the molecule is C1=Cc2ccccc2C2(c3ccccc31)c1ccccc1-c1ccc(-c3ccc4c(c3)c3ncccc3n4-c3ccccn3)cc12. The van der Waals surface area contributed by atoms with Crippen LogP contribution in [0, 0.1) is 0 Å². The van der Waals surface area contributed by atoms with Gasteiger partial charge in [-0.2, -0.15) is 0 Å². The van der Waals surface area contributed by atoms with Crippen LogP contribution in [0.2, 0.25) is 0 Å². The predicted molar refractivity (Wildman–Crippen MR) is 188 cm³/mol. The van der Waals surface area contributed by atoms with E-state index in [4.69, 9.17) is 4.98 Å². The largest absolute Gasteiger partial charge is 0.292 e. The number of hydrogen-bond acceptors (Lipinski definition) is 2. The van der Waals surface area contributed by atoms with Crippen molar-refractivity contribution in [3.63, 3.8) is 0 Å². The van der Waals surface area contributed by atoms with Crippen LogP contribution in [0.5, 0.6) is 0 Å². The first-order valence-electron chi connectivity index (χ1n) is 15.7. The Kier molecular flexibility index (Phi) is 5.20. The number of benzene rings is 5. The van der Waals surface area contributed by atoms with E-state index in [1.54, 1.807) is 0 Å². The summed E-state index contributed by atoms with van der Waals surface area (Å²) < 4.78 is 2.21. The number of fused-ring (bicyclic) bond motifs is 12. The van der Waals surface area contributed by atoms with Crippen LogP contribution in [-0.4, -0.2) is 14.5 Å². The Hall–Kier alpha value is -6.06. The Balaban J connectivity index is 1.25. The van der Waals surface area contributed by atoms with Gasteiger partial charge in [0, 0.05) is 17.8 Å². The lowest BCUT2D eigenvalue weighted by atomic mass is 9.66. The molecule has 0 bridgehead atoms. The molecule has 0 amide bonds. The van der Waals surface area contributed by atoms with Crippen LogP contribution < -0.4 is 0 Å². The van der Waals surface area contributed by atoms with Crippen molar-refractivity contribution in [3.8, 4) is 28.1 Å². The summed E-state index contributed by atoms with van der Waals surface area (Å²) in [6.45, 7) is 0. The van der Waals surface area contributed by atoms with Crippen LogP contribution in [0.25, 0.3) is 62.2 Å². The first-order valence-corrected chi connectivity index (χ1v) is 15.7. The normalized spacial score (nSPS) is 13.7. The second-order valence-corrected chi connectivity index (χ2v) is 12.2. The highest BCUT2D eigenvalue weighted by atomic mass is 15.1. The van der Waals surface area contributed by atoms with E-state index >= 15 is 0 Å². The second-order valence-electron chi connectivity index (χ2n) is 12.2. The van der Waals surface area contributed by atoms with Gasteiger partial charge in [0.1, 0.15) is 5.82 Å². The summed E-state index contributed by atoms with van der Waals surface area (Å²) >= 11 is 0. The molecule has 0 N–H and O–H groups in total. The highest BCUT2D eigenvalue weighted by molar-refractivity contribution is 6.08. The lowest BCUT2D eigenvalue weighted by molar-refractivity contribution is 0.766. The Bertz CT molecular complexity index is 2490. The molecule has 1 spiro atoms. The summed E-state index contributed by atoms with van der Waals surface area (Å²) in [5, 5.41) is 1.12. The Morgan fingerprint density at radius 2 is 1.11 bits per heavy atom. The summed E-state index contributed by atoms with van der Waals surface area (Å²) in [6.07, 6.45) is 8.29. The van der Waals surface area contributed by atoms with Gasteiger partial charge in [-0.05, 0) is 98.1 Å². The Labute approximate surface area is 266 Å². The molecule has 0 radical (unpaired) electrons. The quantitative estimate of drug-likeness (QED) is 0.202. The molecule has 0 aliphatic heterocycles. The van der Waals surface area contributed by atoms with Gasteiger partial charge >= 0.3 is 0 Å². The third-order valence-electron chi connectivity index (χ3n) is 9.95. The third kappa shape index (κ3) is 3.32. The van der Waals surface area contributed by atoms with E-state index in [-0.39, 0.29) is 0 Å². The number of aromatic nitrogens is 3. The van der Waals surface area contributed by atoms with E-state index in [0.717, 1.165) is 27.8 Å². The first-order chi connectivity index (χ1) is 22.8. The maximum Gasteiger partial charge on any atom is 0.137 e. The topological polar surface area (TPSA) is 30.7 Å². The summed E-state index contributed by atoms with van der Waals surface area (Å²) in [5.74, 6) is 0.889. The minimum Gasteiger partial charge on any atom is -0.292 e. The summed E-state index contributed by atoms with van der Waals surface area (Å²) in [5.41, 5.74) is 15.4. The van der Waals surface area contributed by atoms with Crippen molar-refractivity contribution in [3.05, 3.63) is 185 Å². The predicted octanol–water partition coefficient (Wildman–Crippen LogP) is 10.1. The maximum atomic E-state index is 4.85. The van der Waals surface area contributed by atoms with Crippen molar-refractivity contribution in [1.29, 1.82) is 0 Å². The van der Waals surface area contributed by atoms with Crippen molar-refractivity contribution in [1.82, 2.24) is 14.5 Å². The number of nitrogens with zero attached hydrogens (tertiary/aromatic N) is 3. The van der Waals surface area contributed by atoms with Crippen LogP contribution in [0.4, 0.5) is 0 Å². The van der Waals surface area contributed by atoms with E-state index in [2.05, 4.69) is 143 Å². The average Bonchev–Trinajstić information content (AvgIpc) is 3.55. The van der Waals surface area contributed by atoms with Crippen LogP contribution >= 0.6 is 0 Å². The fraction of sp³-hybridized carbons (Fsp3) is 0.0233. The van der Waals surface area contributed by atoms with Gasteiger partial charge in [-0.3, -0.25) is 9.55 Å². The molecule has 3 aromatic heterocycles. The summed E-state index contributed by atoms with van der Waals surface area (Å²) in [6, 6.07) is 50.8. The minimum atomic E-state index is -0.445. The van der Waals surface area contributed by atoms with Gasteiger partial charge in [-0.15, -0.1) is 0 Å². The standard InChI is InChI=1S/C43H27N3/c1-4-13-35-28(10-1)18-19-29-11-2-5-14-36(29)43(35)37-15-6-3-12-32(37)33-22-20-31(27-38(33)43)30-21-23-39-34(26-30)42-40(16-9-25-45-42)46(39)41-17-7-8-24-44-41/h1-27H. The van der Waals surface area contributed by atoms with E-state index in [1.807, 2.05) is 30.6 Å². The highest BCUT2D eigenvalue weighted by Gasteiger charge is 2.48. The zero-order valence-corrected chi connectivity index (χ0v) is 24.9. The molecule has 2 aliphatic rings. The molecule has 2 aliphatic carbocycles. The van der Waals surface area contributed by atoms with Gasteiger partial charge in [0.25, 0.3) is 0 Å². The van der Waals surface area contributed by atoms with E-state index in [9.17, 15) is 0 Å². The van der Waals surface area contributed by atoms with Crippen LogP contribution in [0.1, 0.15) is 33.4 Å². The molecule has 0 unspecified atom stereocenters. The van der Waals surface area contributed by atoms with Crippen molar-refractivity contribution < 1.29 is 0 Å². The van der Waals surface area contributed by atoms with Gasteiger partial charge in [0.05, 0.1) is 22.0 Å². The fourth-order valence-corrected chi connectivity index (χ4v) is 8.08. The van der Waals surface area contributed by atoms with Gasteiger partial charge in [-0.1, -0.05) is 109 Å². The monoisotopic (exact) mass is 585 g/mol. The molecule has 3 heterocycles. The number of rotatable bonds is 2. The summed E-state index contributed by atoms with van der Waals surface area (Å²) in [7, 11) is 0. The highest BCUT2D eigenvalue weighted by Crippen LogP contribution is 2.59. The maximum absolute atomic E-state index is 4.85. The molecule has 10 rings (SSSR count). The van der Waals surface area contributed by atoms with Gasteiger partial charge in [0.15, 0.2) is 0 Å². The molecular weight excluding hydrogens is 558 g/mol. The second kappa shape index (κ2) is 9.47. The van der Waals surface area contributed by atoms with E-state index < -0.39 is 5.41 Å². The molecule has 0 atom stereocenters. The molecule has 8 aromatic rings. The van der Waals surface area contributed by atoms with Gasteiger partial charge in [-0.25, -0.2) is 4.98 Å². The summed E-state index contributed by atoms with van der Waals surface area (Å²) in [4.78, 5) is 9.53. The van der Waals surface area contributed by atoms with Crippen molar-refractivity contribution in [2.24, 2.45) is 0 Å². The number of pyridine rings is 2. The molecule has 214 valence electrons. The fourth-order valence-electron chi connectivity index (χ4n) is 8.08. The lowest BCUT2D eigenvalue weighted by Crippen LogP contribution is -2.29. The van der Waals surface area contributed by atoms with Crippen LogP contribution in [-0.2, 0) is 5.41 Å². The molecule has 0 saturated carbocycles. The molecule has 5 aromatic carbocycles. The zero-order chi connectivity index (χ0) is 30.2. The Morgan fingerprint density at radius 3 is 1.89 bits per heavy atom. The van der Waals surface area contributed by atoms with Crippen molar-refractivity contribution in [2.45, 2.75) is 5.41 Å². The molecule has 0 saturated heterocycles. The molecule has 46 heavy (non-hydrogen) atoms. The lowest BCUT2D eigenvalue weighted by Gasteiger charge is -2.35. The smallest absolute Gasteiger partial charge is 0.137 e. The zero-order valence-electron chi connectivity index (χ0n) is 24.9. The van der Waals surface area contributed by atoms with Crippen molar-refractivity contribution in [2.75, 3.05) is 0 Å².